The minimum atomic E-state index is -1.21. The Balaban J connectivity index is 1.56. The van der Waals surface area contributed by atoms with E-state index in [9.17, 15) is 20.0 Å². The number of pyridine rings is 1. The van der Waals surface area contributed by atoms with Gasteiger partial charge in [0.2, 0.25) is 5.69 Å². The monoisotopic (exact) mass is 387 g/mol. The summed E-state index contributed by atoms with van der Waals surface area (Å²) in [6, 6.07) is 4.92. The number of nitrogens with one attached hydrogen (secondary N) is 2. The molecule has 3 N–H and O–H groups in total. The minimum absolute atomic E-state index is 0.0288. The molecule has 9 heteroatoms. The zero-order valence-electron chi connectivity index (χ0n) is 16.0. The molecule has 150 valence electrons. The first-order valence-electron chi connectivity index (χ1n) is 9.64. The Labute approximate surface area is 162 Å². The first kappa shape index (κ1) is 18.9. The number of piperidine rings is 1. The number of rotatable bonds is 4. The summed E-state index contributed by atoms with van der Waals surface area (Å²) in [4.78, 5) is 27.3. The first-order valence-corrected chi connectivity index (χ1v) is 9.64. The van der Waals surface area contributed by atoms with E-state index < -0.39 is 10.8 Å². The average Bonchev–Trinajstić information content (AvgIpc) is 3.09. The molecular weight excluding hydrogens is 362 g/mol. The summed E-state index contributed by atoms with van der Waals surface area (Å²) in [6.07, 6.45) is 1.74. The van der Waals surface area contributed by atoms with Crippen LogP contribution in [0, 0.1) is 17.0 Å². The van der Waals surface area contributed by atoms with Crippen molar-refractivity contribution in [3.63, 3.8) is 0 Å². The highest BCUT2D eigenvalue weighted by Crippen LogP contribution is 2.35. The van der Waals surface area contributed by atoms with E-state index in [2.05, 4.69) is 24.0 Å². The second kappa shape index (κ2) is 7.16. The molecule has 28 heavy (non-hydrogen) atoms. The number of fused-ring (bicyclic) bond motifs is 4. The van der Waals surface area contributed by atoms with E-state index >= 15 is 0 Å². The van der Waals surface area contributed by atoms with E-state index in [1.54, 1.807) is 10.6 Å². The standard InChI is InChI=1S/C19H25N5O4/c1-11(2)5-14-7-15(21-20-14)18(25)22-8-12-6-13(10-22)16-3-4-17(24(27)28)19(26)23(16)9-12/h3-4,7,11-13,24,27H,5-6,8-10H2,1-2H3,(H,20,21)/t12-,13+/m1/s1. The van der Waals surface area contributed by atoms with E-state index in [-0.39, 0.29) is 23.4 Å². The predicted octanol–water partition coefficient (Wildman–Crippen LogP) is 0.433. The summed E-state index contributed by atoms with van der Waals surface area (Å²) in [6.45, 7) is 5.72. The lowest BCUT2D eigenvalue weighted by Crippen LogP contribution is -3.00. The fraction of sp³-hybridized carbons (Fsp3) is 0.526. The zero-order chi connectivity index (χ0) is 20.0. The molecule has 0 spiro atoms. The largest absolute Gasteiger partial charge is 0.595 e. The molecule has 0 saturated carbocycles. The number of quaternary nitrogens is 1. The summed E-state index contributed by atoms with van der Waals surface area (Å²) >= 11 is 0. The number of H-pyrrole nitrogens is 1. The van der Waals surface area contributed by atoms with Gasteiger partial charge >= 0.3 is 5.56 Å². The number of likely N-dealkylation sites (tertiary alicyclic amines) is 1. The molecule has 2 aromatic heterocycles. The highest BCUT2D eigenvalue weighted by molar-refractivity contribution is 5.92. The van der Waals surface area contributed by atoms with Gasteiger partial charge in [-0.05, 0) is 36.8 Å². The fourth-order valence-corrected chi connectivity index (χ4v) is 4.45. The van der Waals surface area contributed by atoms with Gasteiger partial charge in [0.25, 0.3) is 5.91 Å². The third kappa shape index (κ3) is 3.36. The predicted molar refractivity (Wildman–Crippen MR) is 100 cm³/mol. The van der Waals surface area contributed by atoms with Gasteiger partial charge in [-0.15, -0.1) is 0 Å². The maximum atomic E-state index is 12.9. The Morgan fingerprint density at radius 1 is 1.39 bits per heavy atom. The number of hydrogen-bond acceptors (Lipinski definition) is 5. The SMILES string of the molecule is CC(C)Cc1cc(C(=O)N2C[C@H]3C[C@@H](C2)c2ccc([NH+]([O-])O)c(=O)n2C3)n[nH]1. The summed E-state index contributed by atoms with van der Waals surface area (Å²) in [5.41, 5.74) is 1.53. The number of amides is 1. The molecule has 0 aromatic carbocycles. The topological polar surface area (TPSA) is 119 Å². The third-order valence-electron chi connectivity index (χ3n) is 5.60. The van der Waals surface area contributed by atoms with Crippen molar-refractivity contribution in [1.29, 1.82) is 0 Å². The van der Waals surface area contributed by atoms with Crippen molar-refractivity contribution in [3.8, 4) is 0 Å². The smallest absolute Gasteiger partial charge is 0.315 e. The van der Waals surface area contributed by atoms with Crippen molar-refractivity contribution in [2.24, 2.45) is 11.8 Å². The first-order chi connectivity index (χ1) is 13.3. The van der Waals surface area contributed by atoms with Gasteiger partial charge in [0.05, 0.1) is 0 Å². The molecule has 9 nitrogen and oxygen atoms in total. The van der Waals surface area contributed by atoms with Crippen LogP contribution in [0.2, 0.25) is 0 Å². The molecule has 0 radical (unpaired) electrons. The second-order valence-corrected chi connectivity index (χ2v) is 8.28. The maximum absolute atomic E-state index is 12.9. The highest BCUT2D eigenvalue weighted by atomic mass is 16.8. The Morgan fingerprint density at radius 2 is 2.18 bits per heavy atom. The van der Waals surface area contributed by atoms with Gasteiger partial charge in [0.1, 0.15) is 5.69 Å². The van der Waals surface area contributed by atoms with E-state index in [0.717, 1.165) is 24.2 Å². The van der Waals surface area contributed by atoms with Crippen LogP contribution in [-0.2, 0) is 13.0 Å². The molecular formula is C19H25N5O4. The van der Waals surface area contributed by atoms with Crippen LogP contribution in [-0.4, -0.2) is 43.9 Å². The summed E-state index contributed by atoms with van der Waals surface area (Å²) in [5.74, 6) is 0.536. The zero-order valence-corrected chi connectivity index (χ0v) is 16.0. The molecule has 1 amide bonds. The number of aromatic amines is 1. The molecule has 1 saturated heterocycles. The lowest BCUT2D eigenvalue weighted by molar-refractivity contribution is -0.992. The van der Waals surface area contributed by atoms with Gasteiger partial charge in [-0.25, -0.2) is 5.21 Å². The van der Waals surface area contributed by atoms with Gasteiger partial charge in [-0.2, -0.15) is 10.3 Å². The Morgan fingerprint density at radius 3 is 2.89 bits per heavy atom. The Hall–Kier alpha value is -2.49. The van der Waals surface area contributed by atoms with Gasteiger partial charge in [-0.1, -0.05) is 13.8 Å². The van der Waals surface area contributed by atoms with Crippen LogP contribution < -0.4 is 10.8 Å². The summed E-state index contributed by atoms with van der Waals surface area (Å²) < 4.78 is 1.58. The van der Waals surface area contributed by atoms with Crippen molar-refractivity contribution < 1.29 is 15.2 Å². The number of nitrogens with zero attached hydrogens (tertiary/aromatic N) is 3. The van der Waals surface area contributed by atoms with Crippen molar-refractivity contribution in [2.75, 3.05) is 13.1 Å². The van der Waals surface area contributed by atoms with Crippen LogP contribution >= 0.6 is 0 Å². The van der Waals surface area contributed by atoms with Crippen molar-refractivity contribution in [2.45, 2.75) is 39.2 Å². The highest BCUT2D eigenvalue weighted by Gasteiger charge is 2.37. The van der Waals surface area contributed by atoms with Gasteiger partial charge in [0.15, 0.2) is 0 Å². The van der Waals surface area contributed by atoms with Gasteiger partial charge in [0, 0.05) is 43.0 Å². The molecule has 0 aliphatic carbocycles. The Bertz CT molecular complexity index is 948. The normalized spacial score (nSPS) is 22.2. The van der Waals surface area contributed by atoms with Crippen molar-refractivity contribution in [1.82, 2.24) is 19.7 Å². The molecule has 2 aliphatic rings. The molecule has 1 unspecified atom stereocenters. The van der Waals surface area contributed by atoms with E-state index in [1.807, 2.05) is 11.0 Å². The van der Waals surface area contributed by atoms with Crippen LogP contribution in [0.4, 0.5) is 5.69 Å². The molecule has 4 rings (SSSR count). The lowest BCUT2D eigenvalue weighted by atomic mass is 9.83. The van der Waals surface area contributed by atoms with Gasteiger partial charge < -0.3 is 14.7 Å². The molecule has 2 bridgehead atoms. The summed E-state index contributed by atoms with van der Waals surface area (Å²) in [7, 11) is 0. The van der Waals surface area contributed by atoms with Crippen LogP contribution in [0.25, 0.3) is 0 Å². The minimum Gasteiger partial charge on any atom is -0.595 e. The fourth-order valence-electron chi connectivity index (χ4n) is 4.45. The van der Waals surface area contributed by atoms with E-state index in [4.69, 9.17) is 0 Å². The quantitative estimate of drug-likeness (QED) is 0.658. The van der Waals surface area contributed by atoms with Gasteiger partial charge in [-0.3, -0.25) is 14.7 Å². The third-order valence-corrected chi connectivity index (χ3v) is 5.60. The number of hydrogen-bond donors (Lipinski definition) is 3. The maximum Gasteiger partial charge on any atom is 0.315 e. The van der Waals surface area contributed by atoms with Crippen molar-refractivity contribution >= 4 is 11.6 Å². The second-order valence-electron chi connectivity index (χ2n) is 8.28. The molecule has 1 fully saturated rings. The number of carbonyl (C=O) groups is 1. The summed E-state index contributed by atoms with van der Waals surface area (Å²) in [5, 5.41) is 26.4. The number of aromatic nitrogens is 3. The average molecular weight is 387 g/mol. The molecule has 4 heterocycles. The molecule has 2 aromatic rings. The van der Waals surface area contributed by atoms with E-state index in [1.165, 1.54) is 6.07 Å². The van der Waals surface area contributed by atoms with E-state index in [0.29, 0.717) is 31.2 Å². The van der Waals surface area contributed by atoms with Crippen LogP contribution in [0.15, 0.2) is 23.0 Å². The lowest BCUT2D eigenvalue weighted by Gasteiger charge is -2.42. The molecule has 3 atom stereocenters. The van der Waals surface area contributed by atoms with Crippen LogP contribution in [0.1, 0.15) is 48.1 Å². The van der Waals surface area contributed by atoms with Crippen molar-refractivity contribution in [3.05, 3.63) is 50.8 Å². The van der Waals surface area contributed by atoms with Crippen LogP contribution in [0.5, 0.6) is 0 Å². The number of carbonyl (C=O) groups excluding carboxylic acids is 1. The van der Waals surface area contributed by atoms with Crippen LogP contribution in [0.3, 0.4) is 0 Å². The molecule has 2 aliphatic heterocycles. The Kier molecular flexibility index (Phi) is 4.82.